The molecule has 21 heavy (non-hydrogen) atoms. The molecule has 0 spiro atoms. The molecule has 4 atom stereocenters. The molecule has 1 aromatic carbocycles. The highest BCUT2D eigenvalue weighted by Gasteiger charge is 2.54. The largest absolute Gasteiger partial charge is 0.497 e. The summed E-state index contributed by atoms with van der Waals surface area (Å²) < 4.78 is 121. The number of fused-ring (bicyclic) bond motifs is 1. The summed E-state index contributed by atoms with van der Waals surface area (Å²) in [5.41, 5.74) is -3.49. The summed E-state index contributed by atoms with van der Waals surface area (Å²) in [7, 11) is 2.58. The van der Waals surface area contributed by atoms with Gasteiger partial charge in [-0.2, -0.15) is 0 Å². The molecule has 3 aliphatic rings. The van der Waals surface area contributed by atoms with E-state index in [1.807, 2.05) is 0 Å². The van der Waals surface area contributed by atoms with Crippen molar-refractivity contribution in [2.24, 2.45) is 11.8 Å². The van der Waals surface area contributed by atoms with Gasteiger partial charge in [0.2, 0.25) is 0 Å². The standard InChI is InChI=1S/C19H27NO/c1-13-6-7-19-8-9-20(2)18(17(19)10-13)11-14-4-5-15(21-3)12-16(14)19/h4-5,12-13,17-18H,6-11H2,1-3H3/t13?,17-,18+,19-/m1/s1/i4D,5D,6D2,7D2,10D2,11D2,12D,13D,17D. The molecule has 0 radical (unpaired) electrons. The van der Waals surface area contributed by atoms with E-state index in [9.17, 15) is 1.37 Å². The van der Waals surface area contributed by atoms with Crippen molar-refractivity contribution in [3.05, 3.63) is 29.3 Å². The van der Waals surface area contributed by atoms with E-state index >= 15 is 0 Å². The summed E-state index contributed by atoms with van der Waals surface area (Å²) in [6, 6.07) is -3.67. The van der Waals surface area contributed by atoms with Crippen LogP contribution in [0.25, 0.3) is 0 Å². The van der Waals surface area contributed by atoms with Crippen LogP contribution >= 0.6 is 0 Å². The fourth-order valence-electron chi connectivity index (χ4n) is 3.36. The summed E-state index contributed by atoms with van der Waals surface area (Å²) in [5, 5.41) is 0. The molecule has 0 amide bonds. The number of rotatable bonds is 1. The second-order valence-corrected chi connectivity index (χ2v) is 5.75. The predicted octanol–water partition coefficient (Wildman–Crippen LogP) is 3.63. The monoisotopic (exact) mass is 298 g/mol. The summed E-state index contributed by atoms with van der Waals surface area (Å²) in [4.78, 5) is 1.36. The number of piperidine rings is 1. The number of hydrogen-bond donors (Lipinski definition) is 0. The van der Waals surface area contributed by atoms with Gasteiger partial charge in [-0.3, -0.25) is 0 Å². The van der Waals surface area contributed by atoms with Crippen LogP contribution in [-0.4, -0.2) is 31.6 Å². The number of likely N-dealkylation sites (tertiary alicyclic amines) is 1. The average Bonchev–Trinajstić information content (AvgIpc) is 2.69. The molecule has 1 aliphatic heterocycles. The third kappa shape index (κ3) is 1.88. The van der Waals surface area contributed by atoms with Gasteiger partial charge < -0.3 is 9.64 Å². The van der Waals surface area contributed by atoms with Crippen LogP contribution in [0, 0.1) is 11.8 Å². The molecule has 2 nitrogen and oxygen atoms in total. The minimum absolute atomic E-state index is 0.0393. The Hall–Kier alpha value is -1.02. The Bertz CT molecular complexity index is 1090. The molecule has 2 heteroatoms. The van der Waals surface area contributed by atoms with E-state index in [1.165, 1.54) is 11.9 Å². The second-order valence-electron chi connectivity index (χ2n) is 5.75. The lowest BCUT2D eigenvalue weighted by Gasteiger charge is -2.59. The van der Waals surface area contributed by atoms with Crippen molar-refractivity contribution in [1.82, 2.24) is 4.90 Å². The molecule has 0 N–H and O–H groups in total. The number of likely N-dealkylation sites (N-methyl/N-ethyl adjacent to an activating group) is 1. The molecular weight excluding hydrogens is 258 g/mol. The zero-order valence-corrected chi connectivity index (χ0v) is 12.3. The first-order chi connectivity index (χ1) is 15.2. The van der Waals surface area contributed by atoms with Crippen molar-refractivity contribution >= 4 is 0 Å². The molecule has 0 aromatic heterocycles. The van der Waals surface area contributed by atoms with Crippen LogP contribution in [0.1, 0.15) is 61.4 Å². The van der Waals surface area contributed by atoms with Crippen molar-refractivity contribution < 1.29 is 22.6 Å². The van der Waals surface area contributed by atoms with Crippen LogP contribution in [0.2, 0.25) is 0 Å². The zero-order valence-electron chi connectivity index (χ0n) is 25.3. The first kappa shape index (κ1) is 5.56. The first-order valence-electron chi connectivity index (χ1n) is 13.6. The second kappa shape index (κ2) is 4.74. The van der Waals surface area contributed by atoms with E-state index < -0.39 is 83.7 Å². The van der Waals surface area contributed by atoms with Crippen molar-refractivity contribution in [1.29, 1.82) is 0 Å². The Balaban J connectivity index is 2.37. The molecule has 1 unspecified atom stereocenters. The average molecular weight is 299 g/mol. The number of nitrogens with zero attached hydrogens (tertiary/aromatic N) is 1. The highest BCUT2D eigenvalue weighted by Crippen LogP contribution is 2.56. The molecule has 2 fully saturated rings. The first-order valence-corrected chi connectivity index (χ1v) is 7.06. The Kier molecular flexibility index (Phi) is 1.25. The van der Waals surface area contributed by atoms with Crippen LogP contribution in [0.4, 0.5) is 0 Å². The van der Waals surface area contributed by atoms with Crippen LogP contribution in [-0.2, 0) is 11.8 Å². The fraction of sp³-hybridized carbons (Fsp3) is 0.684. The van der Waals surface area contributed by atoms with Gasteiger partial charge in [0.05, 0.1) is 11.2 Å². The fourth-order valence-corrected chi connectivity index (χ4v) is 3.36. The highest BCUT2D eigenvalue weighted by atomic mass is 16.5. The normalized spacial score (nSPS) is 64.1. The van der Waals surface area contributed by atoms with Crippen molar-refractivity contribution in [2.45, 2.75) is 50.3 Å². The Morgan fingerprint density at radius 1 is 1.52 bits per heavy atom. The van der Waals surface area contributed by atoms with Gasteiger partial charge in [-0.05, 0) is 80.5 Å². The lowest BCUT2D eigenvalue weighted by Crippen LogP contribution is -2.60. The maximum Gasteiger partial charge on any atom is 0.119 e. The Morgan fingerprint density at radius 3 is 3.19 bits per heavy atom. The summed E-state index contributed by atoms with van der Waals surface area (Å²) >= 11 is 0. The third-order valence-corrected chi connectivity index (χ3v) is 4.50. The van der Waals surface area contributed by atoms with Crippen LogP contribution in [0.5, 0.6) is 5.75 Å². The number of hydrogen-bond acceptors (Lipinski definition) is 2. The molecular formula is C19H27NO. The zero-order chi connectivity index (χ0) is 26.2. The topological polar surface area (TPSA) is 12.5 Å². The maximum absolute atomic E-state index is 9.62. The smallest absolute Gasteiger partial charge is 0.119 e. The molecule has 2 bridgehead atoms. The van der Waals surface area contributed by atoms with Gasteiger partial charge in [0, 0.05) is 25.2 Å². The van der Waals surface area contributed by atoms with Gasteiger partial charge in [-0.1, -0.05) is 13.0 Å². The minimum atomic E-state index is -3.18. The lowest BCUT2D eigenvalue weighted by molar-refractivity contribution is -0.0112. The molecule has 1 saturated heterocycles. The van der Waals surface area contributed by atoms with Gasteiger partial charge >= 0.3 is 0 Å². The molecule has 1 heterocycles. The summed E-state index contributed by atoms with van der Waals surface area (Å²) in [6.45, 7) is 0.849. The summed E-state index contributed by atoms with van der Waals surface area (Å²) in [6.07, 6.45) is -12.5. The van der Waals surface area contributed by atoms with E-state index in [2.05, 4.69) is 0 Å². The number of ether oxygens (including phenoxy) is 1. The van der Waals surface area contributed by atoms with E-state index in [4.69, 9.17) is 21.2 Å². The SMILES string of the molecule is [2H]c1c([2H])c2c(c([2H])c1OC)[C@@]13CCN(C)[C@@H](C2([2H])[2H])[C@@]1([2H])C([2H])([2H])C([2H])(C)C([2H])([2H])C3([2H])[2H]. The Labute approximate surface area is 146 Å². The Morgan fingerprint density at radius 2 is 2.38 bits per heavy atom. The number of benzene rings is 1. The van der Waals surface area contributed by atoms with Crippen LogP contribution in [0.15, 0.2) is 18.1 Å². The van der Waals surface area contributed by atoms with Gasteiger partial charge in [-0.25, -0.2) is 0 Å². The maximum atomic E-state index is 9.62. The lowest BCUT2D eigenvalue weighted by atomic mass is 9.51. The minimum Gasteiger partial charge on any atom is -0.497 e. The molecule has 1 aromatic rings. The molecule has 1 saturated carbocycles. The van der Waals surface area contributed by atoms with Gasteiger partial charge in [0.1, 0.15) is 5.75 Å². The predicted molar refractivity (Wildman–Crippen MR) is 85.9 cm³/mol. The van der Waals surface area contributed by atoms with Crippen LogP contribution in [0.3, 0.4) is 0 Å². The quantitative estimate of drug-likeness (QED) is 0.785. The van der Waals surface area contributed by atoms with E-state index in [0.717, 1.165) is 14.0 Å². The van der Waals surface area contributed by atoms with E-state index in [-0.39, 0.29) is 13.0 Å². The van der Waals surface area contributed by atoms with Crippen molar-refractivity contribution in [3.63, 3.8) is 0 Å². The molecule has 114 valence electrons. The van der Waals surface area contributed by atoms with Gasteiger partial charge in [0.25, 0.3) is 0 Å². The highest BCUT2D eigenvalue weighted by molar-refractivity contribution is 5.45. The van der Waals surface area contributed by atoms with Crippen LogP contribution < -0.4 is 4.74 Å². The van der Waals surface area contributed by atoms with Crippen molar-refractivity contribution in [2.75, 3.05) is 20.7 Å². The number of methoxy groups -OCH3 is 1. The van der Waals surface area contributed by atoms with E-state index in [0.29, 0.717) is 0 Å². The van der Waals surface area contributed by atoms with Crippen molar-refractivity contribution in [3.8, 4) is 5.75 Å². The molecule has 4 rings (SSSR count). The third-order valence-electron chi connectivity index (χ3n) is 4.50. The summed E-state index contributed by atoms with van der Waals surface area (Å²) in [5.74, 6) is -6.06. The molecule has 2 aliphatic carbocycles. The van der Waals surface area contributed by atoms with E-state index in [1.54, 1.807) is 0 Å². The van der Waals surface area contributed by atoms with Gasteiger partial charge in [-0.15, -0.1) is 0 Å². The van der Waals surface area contributed by atoms with Gasteiger partial charge in [0.15, 0.2) is 0 Å².